The number of benzene rings is 2. The Kier molecular flexibility index (Phi) is 1.77. The van der Waals surface area contributed by atoms with Gasteiger partial charge in [-0.1, -0.05) is 36.9 Å². The van der Waals surface area contributed by atoms with E-state index in [4.69, 9.17) is 4.99 Å². The number of aliphatic imine (C=N–C) groups is 1. The Balaban J connectivity index is 1.82. The molecule has 0 saturated heterocycles. The summed E-state index contributed by atoms with van der Waals surface area (Å²) in [6, 6.07) is 11.4. The Morgan fingerprint density at radius 3 is 3.00 bits per heavy atom. The molecular formula is C20H13NS. The molecule has 1 aromatic heterocycles. The molecule has 3 aliphatic rings. The third-order valence-electron chi connectivity index (χ3n) is 5.55. The van der Waals surface area contributed by atoms with Crippen LogP contribution in [0.1, 0.15) is 16.7 Å². The van der Waals surface area contributed by atoms with Gasteiger partial charge < -0.3 is 0 Å². The Bertz CT molecular complexity index is 1080. The maximum Gasteiger partial charge on any atom is 0.0822 e. The van der Waals surface area contributed by atoms with E-state index < -0.39 is 0 Å². The van der Waals surface area contributed by atoms with Crippen LogP contribution in [0.5, 0.6) is 0 Å². The molecule has 2 heteroatoms. The van der Waals surface area contributed by atoms with Crippen molar-refractivity contribution >= 4 is 37.2 Å². The molecule has 0 fully saturated rings. The number of rotatable bonds is 1. The van der Waals surface area contributed by atoms with Crippen molar-refractivity contribution in [3.63, 3.8) is 0 Å². The number of hydrogen-bond acceptors (Lipinski definition) is 2. The van der Waals surface area contributed by atoms with E-state index in [0.29, 0.717) is 6.04 Å². The predicted octanol–water partition coefficient (Wildman–Crippen LogP) is 4.78. The lowest BCUT2D eigenvalue weighted by molar-refractivity contribution is 0.377. The fraction of sp³-hybridized carbons (Fsp3) is 0.150. The van der Waals surface area contributed by atoms with E-state index in [1.54, 1.807) is 5.56 Å². The first-order valence-electron chi connectivity index (χ1n) is 7.69. The van der Waals surface area contributed by atoms with E-state index in [0.717, 1.165) is 12.1 Å². The van der Waals surface area contributed by atoms with Crippen LogP contribution in [0, 0.1) is 0 Å². The summed E-state index contributed by atoms with van der Waals surface area (Å²) in [5.74, 6) is 0. The zero-order valence-electron chi connectivity index (χ0n) is 12.0. The Hall–Kier alpha value is -2.19. The molecule has 0 saturated carbocycles. The second-order valence-electron chi connectivity index (χ2n) is 6.49. The van der Waals surface area contributed by atoms with Gasteiger partial charge in [0.25, 0.3) is 0 Å². The highest BCUT2D eigenvalue weighted by molar-refractivity contribution is 7.26. The number of nitrogens with zero attached hydrogens (tertiary/aromatic N) is 1. The van der Waals surface area contributed by atoms with Crippen LogP contribution in [0.15, 0.2) is 60.1 Å². The van der Waals surface area contributed by atoms with Crippen LogP contribution in [0.25, 0.3) is 20.2 Å². The Morgan fingerprint density at radius 2 is 2.18 bits per heavy atom. The van der Waals surface area contributed by atoms with Crippen LogP contribution in [0.3, 0.4) is 0 Å². The number of hydrogen-bond donors (Lipinski definition) is 0. The Morgan fingerprint density at radius 1 is 1.27 bits per heavy atom. The van der Waals surface area contributed by atoms with Crippen LogP contribution in [0.2, 0.25) is 0 Å². The highest BCUT2D eigenvalue weighted by atomic mass is 32.1. The molecule has 1 nitrogen and oxygen atoms in total. The second kappa shape index (κ2) is 3.41. The van der Waals surface area contributed by atoms with E-state index in [1.165, 1.54) is 31.3 Å². The molecule has 0 radical (unpaired) electrons. The minimum Gasteiger partial charge on any atom is -0.276 e. The first-order valence-corrected chi connectivity index (χ1v) is 8.51. The van der Waals surface area contributed by atoms with Crippen LogP contribution in [-0.2, 0) is 11.8 Å². The quantitative estimate of drug-likeness (QED) is 0.574. The average Bonchev–Trinajstić information content (AvgIpc) is 2.84. The van der Waals surface area contributed by atoms with E-state index >= 15 is 0 Å². The largest absolute Gasteiger partial charge is 0.276 e. The van der Waals surface area contributed by atoms with Crippen molar-refractivity contribution in [2.24, 2.45) is 4.99 Å². The summed E-state index contributed by atoms with van der Waals surface area (Å²) >= 11 is 1.94. The smallest absolute Gasteiger partial charge is 0.0822 e. The monoisotopic (exact) mass is 299 g/mol. The molecule has 3 aromatic rings. The number of allylic oxidation sites excluding steroid dienone is 1. The van der Waals surface area contributed by atoms with Gasteiger partial charge in [0.05, 0.1) is 11.8 Å². The first-order chi connectivity index (χ1) is 10.8. The molecule has 1 aliphatic heterocycles. The van der Waals surface area contributed by atoms with Crippen molar-refractivity contribution in [2.45, 2.75) is 17.9 Å². The molecule has 2 unspecified atom stereocenters. The van der Waals surface area contributed by atoms with Gasteiger partial charge in [-0.25, -0.2) is 0 Å². The Labute approximate surface area is 132 Å². The molecule has 2 aromatic carbocycles. The van der Waals surface area contributed by atoms with Gasteiger partial charge in [-0.2, -0.15) is 0 Å². The predicted molar refractivity (Wildman–Crippen MR) is 94.4 cm³/mol. The minimum atomic E-state index is 0.210. The molecule has 104 valence electrons. The lowest BCUT2D eigenvalue weighted by Crippen LogP contribution is -2.54. The van der Waals surface area contributed by atoms with Crippen molar-refractivity contribution in [1.82, 2.24) is 0 Å². The van der Waals surface area contributed by atoms with Gasteiger partial charge in [0.15, 0.2) is 0 Å². The van der Waals surface area contributed by atoms with Gasteiger partial charge >= 0.3 is 0 Å². The van der Waals surface area contributed by atoms with E-state index in [9.17, 15) is 0 Å². The first kappa shape index (κ1) is 11.4. The minimum absolute atomic E-state index is 0.210. The van der Waals surface area contributed by atoms with Crippen molar-refractivity contribution < 1.29 is 0 Å². The van der Waals surface area contributed by atoms with Crippen LogP contribution in [0.4, 0.5) is 0 Å². The lowest BCUT2D eigenvalue weighted by Gasteiger charge is -2.53. The van der Waals surface area contributed by atoms with Crippen LogP contribution < -0.4 is 0 Å². The summed E-state index contributed by atoms with van der Waals surface area (Å²) in [4.78, 5) is 4.91. The summed E-state index contributed by atoms with van der Waals surface area (Å²) in [6.07, 6.45) is 7.68. The van der Waals surface area contributed by atoms with Crippen molar-refractivity contribution in [2.75, 3.05) is 0 Å². The average molecular weight is 299 g/mol. The SMILES string of the molecule is C=CC1=NC2C=CC23Cc2c3c1cc1c2sc2ccccc21. The third-order valence-corrected chi connectivity index (χ3v) is 6.80. The van der Waals surface area contributed by atoms with Crippen LogP contribution in [-0.4, -0.2) is 11.8 Å². The number of fused-ring (bicyclic) bond motifs is 4. The zero-order chi connectivity index (χ0) is 14.5. The molecule has 0 amide bonds. The summed E-state index contributed by atoms with van der Waals surface area (Å²) < 4.78 is 2.87. The molecular weight excluding hydrogens is 286 g/mol. The third kappa shape index (κ3) is 1.03. The highest BCUT2D eigenvalue weighted by Crippen LogP contribution is 2.58. The fourth-order valence-corrected chi connectivity index (χ4v) is 5.68. The molecule has 2 atom stereocenters. The molecule has 1 spiro atoms. The molecule has 6 rings (SSSR count). The van der Waals surface area contributed by atoms with Gasteiger partial charge in [0, 0.05) is 31.2 Å². The molecule has 2 heterocycles. The fourth-order valence-electron chi connectivity index (χ4n) is 4.45. The normalized spacial score (nSPS) is 26.9. The second-order valence-corrected chi connectivity index (χ2v) is 7.54. The van der Waals surface area contributed by atoms with E-state index in [1.807, 2.05) is 17.4 Å². The van der Waals surface area contributed by atoms with Gasteiger partial charge in [-0.15, -0.1) is 11.3 Å². The lowest BCUT2D eigenvalue weighted by atomic mass is 9.52. The summed E-state index contributed by atoms with van der Waals surface area (Å²) in [5.41, 5.74) is 5.67. The van der Waals surface area contributed by atoms with Crippen molar-refractivity contribution in [3.8, 4) is 0 Å². The van der Waals surface area contributed by atoms with Crippen LogP contribution >= 0.6 is 11.3 Å². The van der Waals surface area contributed by atoms with Crippen molar-refractivity contribution in [1.29, 1.82) is 0 Å². The maximum atomic E-state index is 4.91. The van der Waals surface area contributed by atoms with E-state index in [-0.39, 0.29) is 5.41 Å². The summed E-state index contributed by atoms with van der Waals surface area (Å²) in [7, 11) is 0. The summed E-state index contributed by atoms with van der Waals surface area (Å²) in [6.45, 7) is 3.99. The molecule has 22 heavy (non-hydrogen) atoms. The molecule has 2 aliphatic carbocycles. The zero-order valence-corrected chi connectivity index (χ0v) is 12.8. The molecule has 0 N–H and O–H groups in total. The standard InChI is InChI=1S/C20H13NS/c1-2-15-13-9-12-11-5-3-4-6-16(11)22-19(12)14-10-20(18(13)14)8-7-17(20)21-15/h2-9,17H,1,10H2. The maximum absolute atomic E-state index is 4.91. The summed E-state index contributed by atoms with van der Waals surface area (Å²) in [5, 5.41) is 2.76. The van der Waals surface area contributed by atoms with Gasteiger partial charge in [-0.05, 0) is 35.8 Å². The van der Waals surface area contributed by atoms with E-state index in [2.05, 4.69) is 49.1 Å². The van der Waals surface area contributed by atoms with Crippen molar-refractivity contribution in [3.05, 3.63) is 71.8 Å². The van der Waals surface area contributed by atoms with Gasteiger partial charge in [0.1, 0.15) is 0 Å². The number of thiophene rings is 1. The molecule has 0 bridgehead atoms. The van der Waals surface area contributed by atoms with Gasteiger partial charge in [0.2, 0.25) is 0 Å². The topological polar surface area (TPSA) is 12.4 Å². The highest BCUT2D eigenvalue weighted by Gasteiger charge is 2.55. The van der Waals surface area contributed by atoms with Gasteiger partial charge in [-0.3, -0.25) is 4.99 Å².